The summed E-state index contributed by atoms with van der Waals surface area (Å²) in [5.74, 6) is 2.59. The second kappa shape index (κ2) is 10.5. The van der Waals surface area contributed by atoms with Gasteiger partial charge in [-0.15, -0.1) is 0 Å². The van der Waals surface area contributed by atoms with Gasteiger partial charge in [-0.1, -0.05) is 35.9 Å². The third-order valence-corrected chi connectivity index (χ3v) is 6.60. The van der Waals surface area contributed by atoms with Crippen molar-refractivity contribution in [3.63, 3.8) is 0 Å². The molecule has 0 aliphatic rings. The number of benzene rings is 4. The fraction of sp³-hybridized carbons (Fsp3) is 0.133. The average Bonchev–Trinajstić information content (AvgIpc) is 2.94. The Morgan fingerprint density at radius 2 is 1.39 bits per heavy atom. The van der Waals surface area contributed by atoms with Crippen LogP contribution in [0.5, 0.6) is 23.0 Å². The van der Waals surface area contributed by atoms with Crippen molar-refractivity contribution >= 4 is 45.4 Å². The number of hydrogen-bond acceptors (Lipinski definition) is 6. The van der Waals surface area contributed by atoms with Crippen molar-refractivity contribution in [2.75, 3.05) is 28.4 Å². The van der Waals surface area contributed by atoms with Crippen LogP contribution in [0, 0.1) is 0 Å². The highest BCUT2D eigenvalue weighted by atomic mass is 35.5. The normalized spacial score (nSPS) is 11.3. The van der Waals surface area contributed by atoms with E-state index in [4.69, 9.17) is 35.5 Å². The Morgan fingerprint density at radius 1 is 0.737 bits per heavy atom. The van der Waals surface area contributed by atoms with Gasteiger partial charge in [-0.3, -0.25) is 9.36 Å². The van der Waals surface area contributed by atoms with Crippen LogP contribution in [0.2, 0.25) is 5.02 Å². The second-order valence-electron chi connectivity index (χ2n) is 8.43. The van der Waals surface area contributed by atoms with Crippen molar-refractivity contribution in [2.24, 2.45) is 0 Å². The molecule has 0 aliphatic carbocycles. The third-order valence-electron chi connectivity index (χ3n) is 6.30. The van der Waals surface area contributed by atoms with Crippen molar-refractivity contribution in [3.8, 4) is 28.7 Å². The van der Waals surface area contributed by atoms with Crippen molar-refractivity contribution in [2.45, 2.75) is 0 Å². The Labute approximate surface area is 224 Å². The number of fused-ring (bicyclic) bond motifs is 2. The highest BCUT2D eigenvalue weighted by Crippen LogP contribution is 2.36. The Balaban J connectivity index is 1.76. The van der Waals surface area contributed by atoms with Gasteiger partial charge in [-0.05, 0) is 59.3 Å². The molecular weight excluding hydrogens is 504 g/mol. The maximum atomic E-state index is 13.9. The molecule has 5 rings (SSSR count). The lowest BCUT2D eigenvalue weighted by atomic mass is 10.1. The van der Waals surface area contributed by atoms with Crippen molar-refractivity contribution in [3.05, 3.63) is 93.5 Å². The van der Waals surface area contributed by atoms with Crippen molar-refractivity contribution < 1.29 is 18.9 Å². The molecule has 8 heteroatoms. The Morgan fingerprint density at radius 3 is 2.05 bits per heavy atom. The molecular formula is C30H25ClN2O5. The summed E-state index contributed by atoms with van der Waals surface area (Å²) in [5.41, 5.74) is 1.64. The first-order valence-electron chi connectivity index (χ1n) is 11.7. The summed E-state index contributed by atoms with van der Waals surface area (Å²) in [6, 6.07) is 20.4. The fourth-order valence-electron chi connectivity index (χ4n) is 4.39. The molecule has 192 valence electrons. The molecule has 0 aliphatic heterocycles. The van der Waals surface area contributed by atoms with Gasteiger partial charge in [0.05, 0.1) is 50.1 Å². The van der Waals surface area contributed by atoms with Crippen LogP contribution in [-0.2, 0) is 0 Å². The van der Waals surface area contributed by atoms with E-state index in [2.05, 4.69) is 0 Å². The first kappa shape index (κ1) is 25.2. The van der Waals surface area contributed by atoms with Gasteiger partial charge in [-0.2, -0.15) is 0 Å². The molecule has 5 aromatic rings. The first-order valence-corrected chi connectivity index (χ1v) is 12.1. The fourth-order valence-corrected chi connectivity index (χ4v) is 4.65. The molecule has 0 fully saturated rings. The van der Waals surface area contributed by atoms with Gasteiger partial charge in [0, 0.05) is 11.6 Å². The van der Waals surface area contributed by atoms with Crippen LogP contribution >= 0.6 is 11.6 Å². The van der Waals surface area contributed by atoms with Crippen LogP contribution in [0.4, 0.5) is 0 Å². The maximum Gasteiger partial charge on any atom is 0.266 e. The lowest BCUT2D eigenvalue weighted by Gasteiger charge is -2.14. The summed E-state index contributed by atoms with van der Waals surface area (Å²) < 4.78 is 23.3. The Bertz CT molecular complexity index is 1760. The van der Waals surface area contributed by atoms with E-state index in [1.54, 1.807) is 64.8 Å². The molecule has 0 atom stereocenters. The summed E-state index contributed by atoms with van der Waals surface area (Å²) in [6.07, 6.45) is 3.58. The summed E-state index contributed by atoms with van der Waals surface area (Å²) in [4.78, 5) is 18.8. The summed E-state index contributed by atoms with van der Waals surface area (Å²) in [7, 11) is 6.25. The molecule has 1 aromatic heterocycles. The molecule has 0 saturated carbocycles. The SMILES string of the molecule is COc1ccc(-n2c(/C=C/c3cc(OC)c(OC)cc3OC)nc3cc4ccccc4cc3c2=O)cc1Cl. The first-order chi connectivity index (χ1) is 18.5. The molecule has 0 unspecified atom stereocenters. The number of halogens is 1. The predicted molar refractivity (Wildman–Crippen MR) is 151 cm³/mol. The Hall–Kier alpha value is -4.49. The van der Waals surface area contributed by atoms with Gasteiger partial charge in [0.2, 0.25) is 0 Å². The largest absolute Gasteiger partial charge is 0.496 e. The van der Waals surface area contributed by atoms with Gasteiger partial charge in [0.1, 0.15) is 17.3 Å². The molecule has 38 heavy (non-hydrogen) atoms. The van der Waals surface area contributed by atoms with E-state index >= 15 is 0 Å². The van der Waals surface area contributed by atoms with Crippen LogP contribution in [0.25, 0.3) is 39.5 Å². The van der Waals surface area contributed by atoms with E-state index in [0.717, 1.165) is 16.3 Å². The monoisotopic (exact) mass is 528 g/mol. The molecule has 0 radical (unpaired) electrons. The number of nitrogens with zero attached hydrogens (tertiary/aromatic N) is 2. The quantitative estimate of drug-likeness (QED) is 0.228. The van der Waals surface area contributed by atoms with Gasteiger partial charge in [0.25, 0.3) is 5.56 Å². The number of ether oxygens (including phenoxy) is 4. The topological polar surface area (TPSA) is 71.8 Å². The highest BCUT2D eigenvalue weighted by molar-refractivity contribution is 6.32. The van der Waals surface area contributed by atoms with Gasteiger partial charge >= 0.3 is 0 Å². The van der Waals surface area contributed by atoms with Crippen LogP contribution in [0.3, 0.4) is 0 Å². The Kier molecular flexibility index (Phi) is 6.94. The molecule has 4 aromatic carbocycles. The van der Waals surface area contributed by atoms with E-state index in [1.807, 2.05) is 42.5 Å². The summed E-state index contributed by atoms with van der Waals surface area (Å²) >= 11 is 6.43. The zero-order chi connectivity index (χ0) is 26.8. The van der Waals surface area contributed by atoms with E-state index in [-0.39, 0.29) is 5.56 Å². The van der Waals surface area contributed by atoms with Crippen LogP contribution in [-0.4, -0.2) is 38.0 Å². The third kappa shape index (κ3) is 4.53. The zero-order valence-corrected chi connectivity index (χ0v) is 22.1. The van der Waals surface area contributed by atoms with Gasteiger partial charge in [0.15, 0.2) is 11.5 Å². The van der Waals surface area contributed by atoms with Crippen LogP contribution in [0.15, 0.2) is 71.5 Å². The molecule has 0 N–H and O–H groups in total. The molecule has 0 amide bonds. The van der Waals surface area contributed by atoms with Crippen LogP contribution in [0.1, 0.15) is 11.4 Å². The van der Waals surface area contributed by atoms with E-state index in [1.165, 1.54) is 4.57 Å². The second-order valence-corrected chi connectivity index (χ2v) is 8.84. The number of hydrogen-bond donors (Lipinski definition) is 0. The lowest BCUT2D eigenvalue weighted by molar-refractivity contribution is 0.348. The maximum absolute atomic E-state index is 13.9. The lowest BCUT2D eigenvalue weighted by Crippen LogP contribution is -2.22. The minimum absolute atomic E-state index is 0.221. The van der Waals surface area contributed by atoms with Crippen molar-refractivity contribution in [1.82, 2.24) is 9.55 Å². The number of aromatic nitrogens is 2. The summed E-state index contributed by atoms with van der Waals surface area (Å²) in [5, 5.41) is 2.83. The van der Waals surface area contributed by atoms with Gasteiger partial charge in [-0.25, -0.2) is 4.98 Å². The van der Waals surface area contributed by atoms with E-state index < -0.39 is 0 Å². The number of rotatable bonds is 7. The molecule has 0 spiro atoms. The molecule has 0 saturated heterocycles. The minimum atomic E-state index is -0.221. The standard InChI is InChI=1S/C30H25ClN2O5/c1-35-25-11-10-21(16-23(25)31)33-29(12-9-20-15-27(37-3)28(38-4)17-26(20)36-2)32-24-14-19-8-6-5-7-18(19)13-22(24)30(33)34/h5-17H,1-4H3/b12-9+. The van der Waals surface area contributed by atoms with Crippen LogP contribution < -0.4 is 24.5 Å². The zero-order valence-electron chi connectivity index (χ0n) is 21.3. The number of methoxy groups -OCH3 is 4. The summed E-state index contributed by atoms with van der Waals surface area (Å²) in [6.45, 7) is 0. The van der Waals surface area contributed by atoms with E-state index in [0.29, 0.717) is 50.4 Å². The molecule has 0 bridgehead atoms. The highest BCUT2D eigenvalue weighted by Gasteiger charge is 2.15. The predicted octanol–water partition coefficient (Wildman–Crippen LogP) is 6.40. The average molecular weight is 529 g/mol. The molecule has 7 nitrogen and oxygen atoms in total. The van der Waals surface area contributed by atoms with E-state index in [9.17, 15) is 4.79 Å². The van der Waals surface area contributed by atoms with Crippen molar-refractivity contribution in [1.29, 1.82) is 0 Å². The minimum Gasteiger partial charge on any atom is -0.496 e. The smallest absolute Gasteiger partial charge is 0.266 e. The van der Waals surface area contributed by atoms with Gasteiger partial charge < -0.3 is 18.9 Å². The molecule has 1 heterocycles.